The van der Waals surface area contributed by atoms with E-state index in [0.29, 0.717) is 12.1 Å². The normalized spacial score (nSPS) is 15.7. The third-order valence-corrected chi connectivity index (χ3v) is 4.37. The highest BCUT2D eigenvalue weighted by atomic mass is 32.1. The lowest BCUT2D eigenvalue weighted by atomic mass is 10.1. The molecule has 0 atom stereocenters. The zero-order valence-electron chi connectivity index (χ0n) is 11.5. The van der Waals surface area contributed by atoms with Crippen molar-refractivity contribution in [1.82, 2.24) is 9.71 Å². The molecule has 3 rings (SSSR count). The van der Waals surface area contributed by atoms with Gasteiger partial charge in [-0.05, 0) is 30.4 Å². The van der Waals surface area contributed by atoms with Gasteiger partial charge in [-0.15, -0.1) is 16.1 Å². The van der Waals surface area contributed by atoms with Gasteiger partial charge in [-0.1, -0.05) is 0 Å². The number of hydrogen-bond donors (Lipinski definition) is 0. The summed E-state index contributed by atoms with van der Waals surface area (Å²) in [7, 11) is 0. The van der Waals surface area contributed by atoms with Gasteiger partial charge in [0.2, 0.25) is 0 Å². The minimum atomic E-state index is -0.659. The van der Waals surface area contributed by atoms with E-state index < -0.39 is 11.9 Å². The molecule has 2 aromatic rings. The van der Waals surface area contributed by atoms with Gasteiger partial charge in [0, 0.05) is 23.5 Å². The summed E-state index contributed by atoms with van der Waals surface area (Å²) >= 11 is 1.65. The van der Waals surface area contributed by atoms with E-state index >= 15 is 0 Å². The molecule has 6 nitrogen and oxygen atoms in total. The van der Waals surface area contributed by atoms with Crippen molar-refractivity contribution < 1.29 is 19.2 Å². The van der Waals surface area contributed by atoms with Crippen molar-refractivity contribution in [2.75, 3.05) is 0 Å². The van der Waals surface area contributed by atoms with Gasteiger partial charge in [-0.2, -0.15) is 4.98 Å². The van der Waals surface area contributed by atoms with Crippen LogP contribution in [0.1, 0.15) is 21.7 Å². The summed E-state index contributed by atoms with van der Waals surface area (Å²) in [6.45, 7) is 4.11. The van der Waals surface area contributed by atoms with Crippen molar-refractivity contribution >= 4 is 23.3 Å². The molecule has 0 unspecified atom stereocenters. The Morgan fingerprint density at radius 1 is 1.24 bits per heavy atom. The number of aromatic nitrogens is 2. The number of hydrogen-bond acceptors (Lipinski definition) is 6. The van der Waals surface area contributed by atoms with E-state index in [9.17, 15) is 9.59 Å². The van der Waals surface area contributed by atoms with E-state index in [0.717, 1.165) is 16.9 Å². The number of nitrogens with zero attached hydrogens (tertiary/aromatic N) is 2. The lowest BCUT2D eigenvalue weighted by molar-refractivity contribution is -0.142. The standard InChI is InChI=1S/C14H12N2O4S/c1-8-7-21-11(9(8)2)5-10-6-16-14(15-10)19-12(17)3-4-13(18)20-16/h3-4,6-7H,5H2,1-2H3/b4-3+. The van der Waals surface area contributed by atoms with Crippen molar-refractivity contribution in [3.05, 3.63) is 45.4 Å². The molecule has 21 heavy (non-hydrogen) atoms. The molecule has 7 heteroatoms. The highest BCUT2D eigenvalue weighted by Crippen LogP contribution is 2.24. The van der Waals surface area contributed by atoms with Crippen LogP contribution in [-0.4, -0.2) is 21.7 Å². The number of carbonyl (C=O) groups excluding carboxylic acids is 2. The fourth-order valence-corrected chi connectivity index (χ4v) is 2.96. The van der Waals surface area contributed by atoms with Crippen molar-refractivity contribution in [3.8, 4) is 6.01 Å². The first-order chi connectivity index (χ1) is 10.0. The zero-order valence-corrected chi connectivity index (χ0v) is 12.3. The number of imidazole rings is 1. The maximum absolute atomic E-state index is 11.4. The van der Waals surface area contributed by atoms with E-state index in [4.69, 9.17) is 9.57 Å². The summed E-state index contributed by atoms with van der Waals surface area (Å²) in [5, 5.41) is 2.08. The Morgan fingerprint density at radius 3 is 2.71 bits per heavy atom. The molecule has 0 fully saturated rings. The van der Waals surface area contributed by atoms with Crippen LogP contribution in [0.25, 0.3) is 0 Å². The number of fused-ring (bicyclic) bond motifs is 1. The van der Waals surface area contributed by atoms with Crippen molar-refractivity contribution in [2.45, 2.75) is 20.3 Å². The number of aryl methyl sites for hydroxylation is 1. The fraction of sp³-hybridized carbons (Fsp3) is 0.214. The average Bonchev–Trinajstić information content (AvgIpc) is 2.93. The van der Waals surface area contributed by atoms with Crippen LogP contribution >= 0.6 is 11.3 Å². The average molecular weight is 304 g/mol. The third kappa shape index (κ3) is 2.73. The summed E-state index contributed by atoms with van der Waals surface area (Å²) in [5.41, 5.74) is 3.11. The summed E-state index contributed by atoms with van der Waals surface area (Å²) in [6, 6.07) is -0.0429. The van der Waals surface area contributed by atoms with Gasteiger partial charge in [0.05, 0.1) is 11.9 Å². The predicted octanol–water partition coefficient (Wildman–Crippen LogP) is 1.58. The molecule has 0 aliphatic carbocycles. The molecular weight excluding hydrogens is 292 g/mol. The van der Waals surface area contributed by atoms with Crippen molar-refractivity contribution in [3.63, 3.8) is 0 Å². The van der Waals surface area contributed by atoms with Gasteiger partial charge in [0.15, 0.2) is 0 Å². The number of thiophene rings is 1. The zero-order chi connectivity index (χ0) is 15.0. The van der Waals surface area contributed by atoms with Crippen LogP contribution in [0.3, 0.4) is 0 Å². The predicted molar refractivity (Wildman–Crippen MR) is 75.2 cm³/mol. The lowest BCUT2D eigenvalue weighted by Crippen LogP contribution is -2.22. The lowest BCUT2D eigenvalue weighted by Gasteiger charge is -2.06. The molecular formula is C14H12N2O4S. The van der Waals surface area contributed by atoms with Gasteiger partial charge in [0.25, 0.3) is 0 Å². The molecule has 0 amide bonds. The quantitative estimate of drug-likeness (QED) is 0.788. The SMILES string of the molecule is Cc1csc(Cc2cn3c(n2)OC(=O)/C=C/C(=O)O3)c1C. The van der Waals surface area contributed by atoms with E-state index in [1.54, 1.807) is 17.5 Å². The molecule has 0 spiro atoms. The van der Waals surface area contributed by atoms with Crippen LogP contribution in [0.5, 0.6) is 6.01 Å². The number of rotatable bonds is 2. The minimum absolute atomic E-state index is 0.0429. The second-order valence-electron chi connectivity index (χ2n) is 4.65. The molecule has 1 aliphatic rings. The monoisotopic (exact) mass is 304 g/mol. The Hall–Kier alpha value is -2.41. The van der Waals surface area contributed by atoms with E-state index in [1.165, 1.54) is 16.0 Å². The first-order valence-electron chi connectivity index (χ1n) is 6.27. The van der Waals surface area contributed by atoms with Crippen molar-refractivity contribution in [1.29, 1.82) is 0 Å². The number of esters is 1. The summed E-state index contributed by atoms with van der Waals surface area (Å²) in [4.78, 5) is 33.2. The van der Waals surface area contributed by atoms with Crippen LogP contribution in [0, 0.1) is 13.8 Å². The van der Waals surface area contributed by atoms with Gasteiger partial charge >= 0.3 is 17.9 Å². The fourth-order valence-electron chi connectivity index (χ4n) is 1.89. The van der Waals surface area contributed by atoms with E-state index in [-0.39, 0.29) is 6.01 Å². The van der Waals surface area contributed by atoms with E-state index in [2.05, 4.69) is 24.2 Å². The molecule has 2 aromatic heterocycles. The highest BCUT2D eigenvalue weighted by molar-refractivity contribution is 7.10. The summed E-state index contributed by atoms with van der Waals surface area (Å²) in [6.07, 6.45) is 4.16. The van der Waals surface area contributed by atoms with Gasteiger partial charge in [-0.3, -0.25) is 0 Å². The Bertz CT molecular complexity index is 720. The topological polar surface area (TPSA) is 70.4 Å². The highest BCUT2D eigenvalue weighted by Gasteiger charge is 2.19. The first kappa shape index (κ1) is 13.6. The van der Waals surface area contributed by atoms with Crippen molar-refractivity contribution in [2.24, 2.45) is 0 Å². The minimum Gasteiger partial charge on any atom is -0.387 e. The number of ether oxygens (including phenoxy) is 1. The van der Waals surface area contributed by atoms with Crippen LogP contribution in [0.2, 0.25) is 0 Å². The van der Waals surface area contributed by atoms with Crippen LogP contribution in [0.15, 0.2) is 23.7 Å². The van der Waals surface area contributed by atoms with E-state index in [1.807, 2.05) is 0 Å². The van der Waals surface area contributed by atoms with Crippen LogP contribution in [0.4, 0.5) is 0 Å². The molecule has 0 aromatic carbocycles. The molecule has 0 saturated carbocycles. The Balaban J connectivity index is 1.90. The smallest absolute Gasteiger partial charge is 0.356 e. The number of carbonyl (C=O) groups is 2. The molecule has 1 aliphatic heterocycles. The molecule has 0 radical (unpaired) electrons. The summed E-state index contributed by atoms with van der Waals surface area (Å²) < 4.78 is 6.07. The maximum Gasteiger partial charge on any atom is 0.356 e. The first-order valence-corrected chi connectivity index (χ1v) is 7.15. The largest absolute Gasteiger partial charge is 0.387 e. The third-order valence-electron chi connectivity index (χ3n) is 3.16. The second kappa shape index (κ2) is 5.17. The molecule has 3 heterocycles. The maximum atomic E-state index is 11.4. The Morgan fingerprint density at radius 2 is 2.00 bits per heavy atom. The van der Waals surface area contributed by atoms with Crippen LogP contribution in [-0.2, 0) is 16.0 Å². The van der Waals surface area contributed by atoms with Gasteiger partial charge in [-0.25, -0.2) is 9.59 Å². The Kier molecular flexibility index (Phi) is 3.34. The molecule has 108 valence electrons. The summed E-state index contributed by atoms with van der Waals surface area (Å²) in [5.74, 6) is -1.31. The Labute approximate surface area is 124 Å². The molecule has 0 N–H and O–H groups in total. The molecule has 0 saturated heterocycles. The van der Waals surface area contributed by atoms with Gasteiger partial charge < -0.3 is 9.57 Å². The van der Waals surface area contributed by atoms with Crippen LogP contribution < -0.4 is 9.57 Å². The second-order valence-corrected chi connectivity index (χ2v) is 5.61. The van der Waals surface area contributed by atoms with Gasteiger partial charge in [0.1, 0.15) is 0 Å². The molecule has 0 bridgehead atoms.